The molecule has 3 rings (SSSR count). The maximum absolute atomic E-state index is 10.2. The van der Waals surface area contributed by atoms with E-state index in [-0.39, 0.29) is 0 Å². The summed E-state index contributed by atoms with van der Waals surface area (Å²) in [5, 5.41) is 13.4. The first-order valence-electron chi connectivity index (χ1n) is 6.86. The van der Waals surface area contributed by atoms with Crippen LogP contribution < -0.4 is 14.8 Å². The summed E-state index contributed by atoms with van der Waals surface area (Å²) in [6.07, 6.45) is 2.60. The van der Waals surface area contributed by atoms with Gasteiger partial charge in [0, 0.05) is 19.3 Å². The molecule has 0 aliphatic carbocycles. The number of aromatic nitrogens is 2. The van der Waals surface area contributed by atoms with Crippen LogP contribution in [0.4, 0.5) is 0 Å². The van der Waals surface area contributed by atoms with Crippen LogP contribution in [0.25, 0.3) is 0 Å². The van der Waals surface area contributed by atoms with Gasteiger partial charge in [0.15, 0.2) is 11.5 Å². The molecule has 0 bridgehead atoms. The van der Waals surface area contributed by atoms with Crippen molar-refractivity contribution in [2.24, 2.45) is 0 Å². The monoisotopic (exact) mass is 287 g/mol. The van der Waals surface area contributed by atoms with Gasteiger partial charge in [-0.2, -0.15) is 0 Å². The predicted molar refractivity (Wildman–Crippen MR) is 76.1 cm³/mol. The van der Waals surface area contributed by atoms with Crippen molar-refractivity contribution in [2.75, 3.05) is 19.8 Å². The molecule has 21 heavy (non-hydrogen) atoms. The highest BCUT2D eigenvalue weighted by Crippen LogP contribution is 2.32. The Hall–Kier alpha value is -2.18. The number of aliphatic hydroxyl groups is 1. The zero-order valence-corrected chi connectivity index (χ0v) is 11.5. The molecule has 2 aromatic rings. The highest BCUT2D eigenvalue weighted by atomic mass is 16.6. The van der Waals surface area contributed by atoms with E-state index in [0.29, 0.717) is 32.1 Å². The second kappa shape index (κ2) is 6.51. The zero-order valence-electron chi connectivity index (χ0n) is 11.5. The Morgan fingerprint density at radius 2 is 2.05 bits per heavy atom. The Morgan fingerprint density at radius 1 is 1.19 bits per heavy atom. The SMILES string of the molecule is OC(CNCc1ccncn1)c1ccc2c(c1)OCCO2. The van der Waals surface area contributed by atoms with E-state index >= 15 is 0 Å². The summed E-state index contributed by atoms with van der Waals surface area (Å²) < 4.78 is 11.0. The van der Waals surface area contributed by atoms with Gasteiger partial charge in [0.05, 0.1) is 11.8 Å². The minimum absolute atomic E-state index is 0.434. The van der Waals surface area contributed by atoms with Crippen LogP contribution in [-0.2, 0) is 6.54 Å². The third kappa shape index (κ3) is 3.48. The first kappa shape index (κ1) is 13.8. The van der Waals surface area contributed by atoms with Gasteiger partial charge < -0.3 is 19.9 Å². The van der Waals surface area contributed by atoms with E-state index in [4.69, 9.17) is 9.47 Å². The summed E-state index contributed by atoms with van der Waals surface area (Å²) in [6.45, 7) is 2.13. The van der Waals surface area contributed by atoms with Crippen LogP contribution in [0.3, 0.4) is 0 Å². The van der Waals surface area contributed by atoms with E-state index in [2.05, 4.69) is 15.3 Å². The minimum Gasteiger partial charge on any atom is -0.486 e. The third-order valence-corrected chi connectivity index (χ3v) is 3.24. The molecule has 0 saturated heterocycles. The predicted octanol–water partition coefficient (Wildman–Crippen LogP) is 1.07. The lowest BCUT2D eigenvalue weighted by Crippen LogP contribution is -2.22. The van der Waals surface area contributed by atoms with E-state index in [1.165, 1.54) is 6.33 Å². The lowest BCUT2D eigenvalue weighted by Gasteiger charge is -2.20. The molecule has 2 heterocycles. The molecule has 1 aromatic heterocycles. The van der Waals surface area contributed by atoms with Crippen LogP contribution in [0.1, 0.15) is 17.4 Å². The maximum atomic E-state index is 10.2. The van der Waals surface area contributed by atoms with Crippen LogP contribution in [0.5, 0.6) is 11.5 Å². The topological polar surface area (TPSA) is 76.5 Å². The Morgan fingerprint density at radius 3 is 2.86 bits per heavy atom. The number of nitrogens with zero attached hydrogens (tertiary/aromatic N) is 2. The highest BCUT2D eigenvalue weighted by Gasteiger charge is 2.15. The molecule has 6 heteroatoms. The van der Waals surface area contributed by atoms with Crippen LogP contribution >= 0.6 is 0 Å². The standard InChI is InChI=1S/C15H17N3O3/c19-13(9-17-8-12-3-4-16-10-18-12)11-1-2-14-15(7-11)21-6-5-20-14/h1-4,7,10,13,17,19H,5-6,8-9H2. The van der Waals surface area contributed by atoms with Gasteiger partial charge in [-0.3, -0.25) is 0 Å². The average molecular weight is 287 g/mol. The number of hydrogen-bond acceptors (Lipinski definition) is 6. The Bertz CT molecular complexity index is 592. The van der Waals surface area contributed by atoms with E-state index in [1.807, 2.05) is 24.3 Å². The number of ether oxygens (including phenoxy) is 2. The Kier molecular flexibility index (Phi) is 4.28. The fraction of sp³-hybridized carbons (Fsp3) is 0.333. The first-order chi connectivity index (χ1) is 10.3. The second-order valence-corrected chi connectivity index (χ2v) is 4.75. The first-order valence-corrected chi connectivity index (χ1v) is 6.86. The van der Waals surface area contributed by atoms with Gasteiger partial charge in [0.2, 0.25) is 0 Å². The van der Waals surface area contributed by atoms with Gasteiger partial charge in [-0.05, 0) is 23.8 Å². The summed E-state index contributed by atoms with van der Waals surface area (Å²) in [4.78, 5) is 7.98. The number of benzene rings is 1. The summed E-state index contributed by atoms with van der Waals surface area (Å²) in [7, 11) is 0. The lowest BCUT2D eigenvalue weighted by molar-refractivity contribution is 0.163. The van der Waals surface area contributed by atoms with Crippen LogP contribution in [0.2, 0.25) is 0 Å². The molecule has 1 aliphatic heterocycles. The highest BCUT2D eigenvalue weighted by molar-refractivity contribution is 5.44. The number of nitrogens with one attached hydrogen (secondary N) is 1. The lowest BCUT2D eigenvalue weighted by atomic mass is 10.1. The molecule has 1 aromatic carbocycles. The second-order valence-electron chi connectivity index (χ2n) is 4.75. The summed E-state index contributed by atoms with van der Waals surface area (Å²) in [6, 6.07) is 7.34. The van der Waals surface area contributed by atoms with Gasteiger partial charge >= 0.3 is 0 Å². The van der Waals surface area contributed by atoms with Gasteiger partial charge in [0.1, 0.15) is 19.5 Å². The molecular weight excluding hydrogens is 270 g/mol. The van der Waals surface area contributed by atoms with Crippen LogP contribution in [0, 0.1) is 0 Å². The molecule has 0 spiro atoms. The molecule has 1 unspecified atom stereocenters. The average Bonchev–Trinajstić information content (AvgIpc) is 2.55. The van der Waals surface area contributed by atoms with Gasteiger partial charge in [-0.1, -0.05) is 6.07 Å². The van der Waals surface area contributed by atoms with Crippen molar-refractivity contribution in [2.45, 2.75) is 12.6 Å². The molecule has 1 atom stereocenters. The van der Waals surface area contributed by atoms with Crippen LogP contribution in [-0.4, -0.2) is 34.8 Å². The Labute approximate surface area is 122 Å². The Balaban J connectivity index is 1.56. The zero-order chi connectivity index (χ0) is 14.5. The molecular formula is C15H17N3O3. The van der Waals surface area contributed by atoms with Crippen molar-refractivity contribution in [1.82, 2.24) is 15.3 Å². The quantitative estimate of drug-likeness (QED) is 0.856. The summed E-state index contributed by atoms with van der Waals surface area (Å²) in [5.41, 5.74) is 1.69. The maximum Gasteiger partial charge on any atom is 0.161 e. The van der Waals surface area contributed by atoms with E-state index < -0.39 is 6.10 Å². The minimum atomic E-state index is -0.609. The van der Waals surface area contributed by atoms with Crippen molar-refractivity contribution in [1.29, 1.82) is 0 Å². The molecule has 0 amide bonds. The number of rotatable bonds is 5. The smallest absolute Gasteiger partial charge is 0.161 e. The van der Waals surface area contributed by atoms with Crippen molar-refractivity contribution in [3.8, 4) is 11.5 Å². The number of fused-ring (bicyclic) bond motifs is 1. The molecule has 2 N–H and O–H groups in total. The fourth-order valence-electron chi connectivity index (χ4n) is 2.14. The van der Waals surface area contributed by atoms with E-state index in [1.54, 1.807) is 6.20 Å². The number of hydrogen-bond donors (Lipinski definition) is 2. The summed E-state index contributed by atoms with van der Waals surface area (Å²) >= 11 is 0. The summed E-state index contributed by atoms with van der Waals surface area (Å²) in [5.74, 6) is 1.42. The van der Waals surface area contributed by atoms with Gasteiger partial charge in [0.25, 0.3) is 0 Å². The molecule has 6 nitrogen and oxygen atoms in total. The van der Waals surface area contributed by atoms with Crippen LogP contribution in [0.15, 0.2) is 36.8 Å². The van der Waals surface area contributed by atoms with Crippen molar-refractivity contribution in [3.05, 3.63) is 48.0 Å². The van der Waals surface area contributed by atoms with Crippen molar-refractivity contribution >= 4 is 0 Å². The normalized spacial score (nSPS) is 14.7. The third-order valence-electron chi connectivity index (χ3n) is 3.24. The molecule has 110 valence electrons. The van der Waals surface area contributed by atoms with E-state index in [0.717, 1.165) is 17.0 Å². The molecule has 1 aliphatic rings. The number of aliphatic hydroxyl groups excluding tert-OH is 1. The van der Waals surface area contributed by atoms with Crippen molar-refractivity contribution in [3.63, 3.8) is 0 Å². The van der Waals surface area contributed by atoms with Gasteiger partial charge in [-0.15, -0.1) is 0 Å². The van der Waals surface area contributed by atoms with Gasteiger partial charge in [-0.25, -0.2) is 9.97 Å². The fourth-order valence-corrected chi connectivity index (χ4v) is 2.14. The van der Waals surface area contributed by atoms with E-state index in [9.17, 15) is 5.11 Å². The molecule has 0 saturated carbocycles. The largest absolute Gasteiger partial charge is 0.486 e. The molecule has 0 radical (unpaired) electrons. The molecule has 0 fully saturated rings. The van der Waals surface area contributed by atoms with Crippen molar-refractivity contribution < 1.29 is 14.6 Å².